The number of aliphatic hydroxyl groups excluding tert-OH is 1. The summed E-state index contributed by atoms with van der Waals surface area (Å²) in [5.74, 6) is 0.472. The molecule has 0 radical (unpaired) electrons. The maximum atomic E-state index is 9.11. The van der Waals surface area contributed by atoms with Crippen molar-refractivity contribution in [3.05, 3.63) is 0 Å². The van der Waals surface area contributed by atoms with Gasteiger partial charge in [-0.25, -0.2) is 0 Å². The Balaban J connectivity index is 2.30. The quantitative estimate of drug-likeness (QED) is 0.541. The van der Waals surface area contributed by atoms with Crippen molar-refractivity contribution in [3.63, 3.8) is 0 Å². The van der Waals surface area contributed by atoms with E-state index in [1.165, 1.54) is 0 Å². The van der Waals surface area contributed by atoms with Crippen LogP contribution in [0.3, 0.4) is 0 Å². The Bertz CT molecular complexity index is 92.9. The molecule has 0 aromatic rings. The van der Waals surface area contributed by atoms with E-state index in [1.54, 1.807) is 0 Å². The molecule has 1 aliphatic rings. The average molecular weight is 129 g/mol. The molecule has 0 aliphatic heterocycles. The van der Waals surface area contributed by atoms with Crippen molar-refractivity contribution in [2.75, 3.05) is 0 Å². The predicted octanol–water partition coefficient (Wildman–Crippen LogP) is 0.495. The van der Waals surface area contributed by atoms with Crippen LogP contribution in [0.1, 0.15) is 26.2 Å². The molecule has 0 amide bonds. The highest BCUT2D eigenvalue weighted by Gasteiger charge is 2.24. The monoisotopic (exact) mass is 129 g/mol. The predicted molar refractivity (Wildman–Crippen MR) is 37.0 cm³/mol. The van der Waals surface area contributed by atoms with E-state index in [0.717, 1.165) is 19.3 Å². The highest BCUT2D eigenvalue weighted by molar-refractivity contribution is 4.80. The van der Waals surface area contributed by atoms with Crippen molar-refractivity contribution in [2.24, 2.45) is 11.7 Å². The van der Waals surface area contributed by atoms with Gasteiger partial charge in [-0.1, -0.05) is 0 Å². The van der Waals surface area contributed by atoms with Crippen LogP contribution in [-0.2, 0) is 0 Å². The zero-order valence-corrected chi connectivity index (χ0v) is 5.88. The van der Waals surface area contributed by atoms with E-state index in [2.05, 4.69) is 0 Å². The second-order valence-corrected chi connectivity index (χ2v) is 3.07. The fourth-order valence-electron chi connectivity index (χ4n) is 1.49. The Hall–Kier alpha value is -0.0800. The summed E-state index contributed by atoms with van der Waals surface area (Å²) >= 11 is 0. The van der Waals surface area contributed by atoms with E-state index in [9.17, 15) is 0 Å². The van der Waals surface area contributed by atoms with Gasteiger partial charge in [-0.05, 0) is 32.1 Å². The van der Waals surface area contributed by atoms with Crippen LogP contribution in [-0.4, -0.2) is 17.3 Å². The van der Waals surface area contributed by atoms with Gasteiger partial charge in [0.15, 0.2) is 0 Å². The summed E-state index contributed by atoms with van der Waals surface area (Å²) in [6.45, 7) is 1.85. The van der Waals surface area contributed by atoms with Gasteiger partial charge in [-0.15, -0.1) is 0 Å². The second kappa shape index (κ2) is 2.67. The molecular formula is C7H15NO. The molecule has 2 unspecified atom stereocenters. The number of nitrogens with two attached hydrogens (primary N) is 1. The van der Waals surface area contributed by atoms with Gasteiger partial charge in [0.05, 0.1) is 6.10 Å². The van der Waals surface area contributed by atoms with Crippen LogP contribution >= 0.6 is 0 Å². The molecule has 0 saturated heterocycles. The van der Waals surface area contributed by atoms with Crippen LogP contribution in [0.4, 0.5) is 0 Å². The Morgan fingerprint density at radius 3 is 2.44 bits per heavy atom. The molecule has 0 heterocycles. The number of rotatable bonds is 1. The smallest absolute Gasteiger partial charge is 0.0540 e. The maximum Gasteiger partial charge on any atom is 0.0540 e. The van der Waals surface area contributed by atoms with E-state index in [4.69, 9.17) is 10.8 Å². The van der Waals surface area contributed by atoms with Gasteiger partial charge in [0, 0.05) is 6.04 Å². The molecule has 1 fully saturated rings. The molecule has 1 aliphatic carbocycles. The minimum Gasteiger partial charge on any atom is -0.393 e. The average Bonchev–Trinajstić information content (AvgIpc) is 2.14. The van der Waals surface area contributed by atoms with E-state index >= 15 is 0 Å². The summed E-state index contributed by atoms with van der Waals surface area (Å²) < 4.78 is 0. The lowest BCUT2D eigenvalue weighted by Gasteiger charge is -2.11. The lowest BCUT2D eigenvalue weighted by atomic mass is 10.0. The third-order valence-corrected chi connectivity index (χ3v) is 2.20. The van der Waals surface area contributed by atoms with Gasteiger partial charge in [-0.3, -0.25) is 0 Å². The van der Waals surface area contributed by atoms with Gasteiger partial charge in [-0.2, -0.15) is 0 Å². The first kappa shape index (κ1) is 7.03. The standard InChI is InChI=1S/C7H15NO/c1-5(9)6-2-3-7(8)4-6/h5-7,9H,2-4,8H2,1H3/t5-,6?,7?/m1/s1. The topological polar surface area (TPSA) is 46.2 Å². The summed E-state index contributed by atoms with van der Waals surface area (Å²) in [5.41, 5.74) is 5.65. The van der Waals surface area contributed by atoms with Gasteiger partial charge in [0.25, 0.3) is 0 Å². The van der Waals surface area contributed by atoms with Gasteiger partial charge in [0.2, 0.25) is 0 Å². The zero-order chi connectivity index (χ0) is 6.85. The van der Waals surface area contributed by atoms with Crippen LogP contribution in [0, 0.1) is 5.92 Å². The summed E-state index contributed by atoms with van der Waals surface area (Å²) in [7, 11) is 0. The van der Waals surface area contributed by atoms with Crippen molar-refractivity contribution in [1.82, 2.24) is 0 Å². The van der Waals surface area contributed by atoms with E-state index in [0.29, 0.717) is 12.0 Å². The first-order chi connectivity index (χ1) is 4.20. The molecule has 3 atom stereocenters. The Morgan fingerprint density at radius 2 is 2.22 bits per heavy atom. The molecule has 0 aromatic carbocycles. The van der Waals surface area contributed by atoms with Crippen LogP contribution in [0.15, 0.2) is 0 Å². The van der Waals surface area contributed by atoms with Crippen molar-refractivity contribution < 1.29 is 5.11 Å². The highest BCUT2D eigenvalue weighted by atomic mass is 16.3. The first-order valence-corrected chi connectivity index (χ1v) is 3.64. The first-order valence-electron chi connectivity index (χ1n) is 3.64. The SMILES string of the molecule is C[C@@H](O)C1CCC(N)C1. The number of hydrogen-bond donors (Lipinski definition) is 2. The molecule has 2 heteroatoms. The van der Waals surface area contributed by atoms with Crippen LogP contribution in [0.2, 0.25) is 0 Å². The van der Waals surface area contributed by atoms with Crippen molar-refractivity contribution in [2.45, 2.75) is 38.3 Å². The van der Waals surface area contributed by atoms with Crippen molar-refractivity contribution >= 4 is 0 Å². The van der Waals surface area contributed by atoms with E-state index < -0.39 is 0 Å². The van der Waals surface area contributed by atoms with Crippen LogP contribution in [0.5, 0.6) is 0 Å². The summed E-state index contributed by atoms with van der Waals surface area (Å²) in [4.78, 5) is 0. The molecule has 3 N–H and O–H groups in total. The molecule has 0 spiro atoms. The van der Waals surface area contributed by atoms with Gasteiger partial charge >= 0.3 is 0 Å². The molecule has 2 nitrogen and oxygen atoms in total. The summed E-state index contributed by atoms with van der Waals surface area (Å²) in [6.07, 6.45) is 3.06. The summed E-state index contributed by atoms with van der Waals surface area (Å²) in [5, 5.41) is 9.11. The Morgan fingerprint density at radius 1 is 1.56 bits per heavy atom. The largest absolute Gasteiger partial charge is 0.393 e. The minimum atomic E-state index is -0.154. The normalized spacial score (nSPS) is 39.0. The van der Waals surface area contributed by atoms with Crippen molar-refractivity contribution in [1.29, 1.82) is 0 Å². The molecular weight excluding hydrogens is 114 g/mol. The van der Waals surface area contributed by atoms with E-state index in [1.807, 2.05) is 6.92 Å². The highest BCUT2D eigenvalue weighted by Crippen LogP contribution is 2.26. The molecule has 1 rings (SSSR count). The molecule has 1 saturated carbocycles. The fourth-order valence-corrected chi connectivity index (χ4v) is 1.49. The van der Waals surface area contributed by atoms with Gasteiger partial charge < -0.3 is 10.8 Å². The Labute approximate surface area is 56.1 Å². The lowest BCUT2D eigenvalue weighted by Crippen LogP contribution is -2.18. The molecule has 0 aromatic heterocycles. The lowest BCUT2D eigenvalue weighted by molar-refractivity contribution is 0.128. The molecule has 54 valence electrons. The Kier molecular flexibility index (Phi) is 2.09. The zero-order valence-electron chi connectivity index (χ0n) is 5.88. The van der Waals surface area contributed by atoms with E-state index in [-0.39, 0.29) is 6.10 Å². The van der Waals surface area contributed by atoms with Crippen LogP contribution < -0.4 is 5.73 Å². The van der Waals surface area contributed by atoms with Crippen molar-refractivity contribution in [3.8, 4) is 0 Å². The fraction of sp³-hybridized carbons (Fsp3) is 1.00. The minimum absolute atomic E-state index is 0.154. The summed E-state index contributed by atoms with van der Waals surface area (Å²) in [6, 6.07) is 0.351. The van der Waals surface area contributed by atoms with Crippen LogP contribution in [0.25, 0.3) is 0 Å². The number of aliphatic hydroxyl groups is 1. The molecule has 0 bridgehead atoms. The number of hydrogen-bond acceptors (Lipinski definition) is 2. The molecule has 9 heavy (non-hydrogen) atoms. The third kappa shape index (κ3) is 1.66. The second-order valence-electron chi connectivity index (χ2n) is 3.07. The maximum absolute atomic E-state index is 9.11. The van der Waals surface area contributed by atoms with Gasteiger partial charge in [0.1, 0.15) is 0 Å². The third-order valence-electron chi connectivity index (χ3n) is 2.20.